The number of nitrogens with one attached hydrogen (secondary N) is 2. The van der Waals surface area contributed by atoms with Crippen molar-refractivity contribution >= 4 is 17.0 Å². The van der Waals surface area contributed by atoms with Crippen LogP contribution in [0.5, 0.6) is 0 Å². The molecule has 3 rings (SSSR count). The van der Waals surface area contributed by atoms with E-state index in [4.69, 9.17) is 0 Å². The first-order valence-corrected chi connectivity index (χ1v) is 6.18. The summed E-state index contributed by atoms with van der Waals surface area (Å²) >= 11 is 0. The molecule has 1 fully saturated rings. The van der Waals surface area contributed by atoms with Gasteiger partial charge in [0.1, 0.15) is 0 Å². The Bertz CT molecular complexity index is 472. The van der Waals surface area contributed by atoms with Crippen LogP contribution in [0.4, 0.5) is 5.95 Å². The van der Waals surface area contributed by atoms with Crippen LogP contribution in [-0.4, -0.2) is 41.5 Å². The summed E-state index contributed by atoms with van der Waals surface area (Å²) in [6, 6.07) is 8.12. The van der Waals surface area contributed by atoms with Crippen LogP contribution in [0, 0.1) is 5.92 Å². The smallest absolute Gasteiger partial charge is 0.201 e. The number of nitrogens with zero attached hydrogens (tertiary/aromatic N) is 2. The largest absolute Gasteiger partial charge is 0.355 e. The van der Waals surface area contributed by atoms with Crippen LogP contribution < -0.4 is 5.32 Å². The Morgan fingerprint density at radius 3 is 3.12 bits per heavy atom. The molecule has 1 unspecified atom stereocenters. The first-order valence-electron chi connectivity index (χ1n) is 6.18. The van der Waals surface area contributed by atoms with Crippen molar-refractivity contribution in [2.24, 2.45) is 5.92 Å². The number of para-hydroxylation sites is 2. The summed E-state index contributed by atoms with van der Waals surface area (Å²) in [5.41, 5.74) is 2.12. The van der Waals surface area contributed by atoms with Crippen molar-refractivity contribution in [1.82, 2.24) is 14.9 Å². The number of rotatable bonds is 3. The molecule has 0 spiro atoms. The summed E-state index contributed by atoms with van der Waals surface area (Å²) in [4.78, 5) is 10.2. The van der Waals surface area contributed by atoms with E-state index >= 15 is 0 Å². The lowest BCUT2D eigenvalue weighted by molar-refractivity contribution is 0.399. The number of imidazole rings is 1. The van der Waals surface area contributed by atoms with Crippen LogP contribution in [-0.2, 0) is 0 Å². The molecule has 90 valence electrons. The van der Waals surface area contributed by atoms with Gasteiger partial charge in [0.2, 0.25) is 5.95 Å². The van der Waals surface area contributed by atoms with Gasteiger partial charge in [0.05, 0.1) is 11.0 Å². The Balaban J connectivity index is 1.65. The second kappa shape index (κ2) is 4.37. The Morgan fingerprint density at radius 1 is 1.47 bits per heavy atom. The van der Waals surface area contributed by atoms with Crippen LogP contribution in [0.15, 0.2) is 24.3 Å². The number of hydrogen-bond donors (Lipinski definition) is 2. The summed E-state index contributed by atoms with van der Waals surface area (Å²) < 4.78 is 0. The van der Waals surface area contributed by atoms with Gasteiger partial charge in [-0.15, -0.1) is 0 Å². The highest BCUT2D eigenvalue weighted by molar-refractivity contribution is 5.77. The molecule has 0 amide bonds. The fraction of sp³-hybridized carbons (Fsp3) is 0.462. The van der Waals surface area contributed by atoms with E-state index in [9.17, 15) is 0 Å². The maximum atomic E-state index is 4.51. The van der Waals surface area contributed by atoms with E-state index in [1.54, 1.807) is 0 Å². The zero-order valence-corrected chi connectivity index (χ0v) is 10.1. The summed E-state index contributed by atoms with van der Waals surface area (Å²) in [7, 11) is 2.18. The van der Waals surface area contributed by atoms with Gasteiger partial charge in [0.25, 0.3) is 0 Å². The highest BCUT2D eigenvalue weighted by Gasteiger charge is 2.19. The van der Waals surface area contributed by atoms with E-state index in [1.807, 2.05) is 18.2 Å². The van der Waals surface area contributed by atoms with Crippen molar-refractivity contribution in [2.45, 2.75) is 6.42 Å². The average Bonchev–Trinajstić information content (AvgIpc) is 2.91. The molecule has 0 saturated carbocycles. The van der Waals surface area contributed by atoms with Crippen molar-refractivity contribution in [3.05, 3.63) is 24.3 Å². The Labute approximate surface area is 101 Å². The molecule has 1 aromatic heterocycles. The Morgan fingerprint density at radius 2 is 2.35 bits per heavy atom. The number of benzene rings is 1. The molecule has 0 aliphatic carbocycles. The molecular formula is C13H18N4. The number of aromatic amines is 1. The van der Waals surface area contributed by atoms with Gasteiger partial charge in [-0.3, -0.25) is 0 Å². The topological polar surface area (TPSA) is 44.0 Å². The molecule has 2 N–H and O–H groups in total. The zero-order chi connectivity index (χ0) is 11.7. The molecule has 2 heterocycles. The molecule has 0 radical (unpaired) electrons. The standard InChI is InChI=1S/C13H18N4/c1-17-7-6-10(9-17)8-14-13-15-11-4-2-3-5-12(11)16-13/h2-5,10H,6-9H2,1H3,(H2,14,15,16). The van der Waals surface area contributed by atoms with Crippen molar-refractivity contribution in [3.8, 4) is 0 Å². The van der Waals surface area contributed by atoms with Crippen LogP contribution in [0.1, 0.15) is 6.42 Å². The molecule has 0 bridgehead atoms. The van der Waals surface area contributed by atoms with Crippen molar-refractivity contribution in [3.63, 3.8) is 0 Å². The van der Waals surface area contributed by atoms with Gasteiger partial charge in [-0.2, -0.15) is 0 Å². The number of anilines is 1. The van der Waals surface area contributed by atoms with Crippen molar-refractivity contribution in [2.75, 3.05) is 32.0 Å². The maximum absolute atomic E-state index is 4.51. The molecule has 1 atom stereocenters. The molecule has 1 saturated heterocycles. The van der Waals surface area contributed by atoms with E-state index in [1.165, 1.54) is 19.5 Å². The molecule has 1 aliphatic heterocycles. The fourth-order valence-electron chi connectivity index (χ4n) is 2.47. The third-order valence-electron chi connectivity index (χ3n) is 3.44. The number of H-pyrrole nitrogens is 1. The van der Waals surface area contributed by atoms with Gasteiger partial charge in [-0.1, -0.05) is 12.1 Å². The van der Waals surface area contributed by atoms with Gasteiger partial charge in [-0.25, -0.2) is 4.98 Å². The number of fused-ring (bicyclic) bond motifs is 1. The third kappa shape index (κ3) is 2.26. The second-order valence-corrected chi connectivity index (χ2v) is 4.90. The lowest BCUT2D eigenvalue weighted by atomic mass is 10.1. The first-order chi connectivity index (χ1) is 8.31. The van der Waals surface area contributed by atoms with E-state index < -0.39 is 0 Å². The predicted molar refractivity (Wildman–Crippen MR) is 70.2 cm³/mol. The maximum Gasteiger partial charge on any atom is 0.201 e. The van der Waals surface area contributed by atoms with Crippen molar-refractivity contribution in [1.29, 1.82) is 0 Å². The minimum Gasteiger partial charge on any atom is -0.355 e. The fourth-order valence-corrected chi connectivity index (χ4v) is 2.47. The van der Waals surface area contributed by atoms with Crippen LogP contribution in [0.3, 0.4) is 0 Å². The Kier molecular flexibility index (Phi) is 2.73. The molecule has 17 heavy (non-hydrogen) atoms. The first kappa shape index (κ1) is 10.6. The van der Waals surface area contributed by atoms with Gasteiger partial charge < -0.3 is 15.2 Å². The monoisotopic (exact) mass is 230 g/mol. The van der Waals surface area contributed by atoms with E-state index in [2.05, 4.69) is 33.3 Å². The Hall–Kier alpha value is -1.55. The molecular weight excluding hydrogens is 212 g/mol. The second-order valence-electron chi connectivity index (χ2n) is 4.90. The SMILES string of the molecule is CN1CCC(CNc2nc3ccccc3[nH]2)C1. The number of likely N-dealkylation sites (tertiary alicyclic amines) is 1. The highest BCUT2D eigenvalue weighted by Crippen LogP contribution is 2.17. The molecule has 2 aromatic rings. The van der Waals surface area contributed by atoms with Crippen LogP contribution in [0.2, 0.25) is 0 Å². The summed E-state index contributed by atoms with van der Waals surface area (Å²) in [5, 5.41) is 3.40. The summed E-state index contributed by atoms with van der Waals surface area (Å²) in [6.45, 7) is 3.41. The third-order valence-corrected chi connectivity index (χ3v) is 3.44. The van der Waals surface area contributed by atoms with Crippen LogP contribution in [0.25, 0.3) is 11.0 Å². The number of hydrogen-bond acceptors (Lipinski definition) is 3. The van der Waals surface area contributed by atoms with E-state index in [-0.39, 0.29) is 0 Å². The lowest BCUT2D eigenvalue weighted by Crippen LogP contribution is -2.19. The van der Waals surface area contributed by atoms with E-state index in [0.717, 1.165) is 29.4 Å². The molecule has 4 heteroatoms. The summed E-state index contributed by atoms with van der Waals surface area (Å²) in [6.07, 6.45) is 1.28. The van der Waals surface area contributed by atoms with Gasteiger partial charge in [-0.05, 0) is 38.1 Å². The summed E-state index contributed by atoms with van der Waals surface area (Å²) in [5.74, 6) is 1.63. The quantitative estimate of drug-likeness (QED) is 0.846. The van der Waals surface area contributed by atoms with Crippen molar-refractivity contribution < 1.29 is 0 Å². The van der Waals surface area contributed by atoms with E-state index in [0.29, 0.717) is 0 Å². The lowest BCUT2D eigenvalue weighted by Gasteiger charge is -2.10. The van der Waals surface area contributed by atoms with Gasteiger partial charge >= 0.3 is 0 Å². The predicted octanol–water partition coefficient (Wildman–Crippen LogP) is 1.93. The minimum absolute atomic E-state index is 0.744. The van der Waals surface area contributed by atoms with Crippen LogP contribution >= 0.6 is 0 Å². The number of aromatic nitrogens is 2. The average molecular weight is 230 g/mol. The molecule has 4 nitrogen and oxygen atoms in total. The molecule has 1 aliphatic rings. The van der Waals surface area contributed by atoms with Gasteiger partial charge in [0, 0.05) is 13.1 Å². The molecule has 1 aromatic carbocycles. The minimum atomic E-state index is 0.744. The van der Waals surface area contributed by atoms with Gasteiger partial charge in [0.15, 0.2) is 0 Å². The normalized spacial score (nSPS) is 21.1. The zero-order valence-electron chi connectivity index (χ0n) is 10.1. The highest BCUT2D eigenvalue weighted by atomic mass is 15.1.